The lowest BCUT2D eigenvalue weighted by Gasteiger charge is -2.31. The Kier molecular flexibility index (Phi) is 7.91. The summed E-state index contributed by atoms with van der Waals surface area (Å²) in [4.78, 5) is 5.17. The molecule has 47 heavy (non-hydrogen) atoms. The summed E-state index contributed by atoms with van der Waals surface area (Å²) in [7, 11) is -0.319. The molecule has 0 fully saturated rings. The van der Waals surface area contributed by atoms with Gasteiger partial charge in [0.05, 0.1) is 47.9 Å². The highest BCUT2D eigenvalue weighted by atomic mass is 32.2. The first-order valence-corrected chi connectivity index (χ1v) is 17.2. The van der Waals surface area contributed by atoms with E-state index in [9.17, 15) is 12.8 Å². The minimum Gasteiger partial charge on any atom is -0.490 e. The van der Waals surface area contributed by atoms with E-state index in [2.05, 4.69) is 11.7 Å². The van der Waals surface area contributed by atoms with Crippen LogP contribution in [-0.2, 0) is 28.4 Å². The van der Waals surface area contributed by atoms with Crippen LogP contribution in [0.25, 0.3) is 54.8 Å². The molecule has 0 saturated carbocycles. The number of halogens is 2. The van der Waals surface area contributed by atoms with Crippen molar-refractivity contribution in [2.45, 2.75) is 19.5 Å². The van der Waals surface area contributed by atoms with Gasteiger partial charge in [-0.1, -0.05) is 12.6 Å². The number of hydrogen-bond donors (Lipinski definition) is 0. The van der Waals surface area contributed by atoms with Crippen molar-refractivity contribution in [1.82, 2.24) is 28.9 Å². The molecule has 1 atom stereocenters. The summed E-state index contributed by atoms with van der Waals surface area (Å²) in [6.45, 7) is 6.04. The maximum atomic E-state index is 16.1. The van der Waals surface area contributed by atoms with E-state index >= 15 is 4.39 Å². The number of ether oxygens (including phenoxy) is 2. The van der Waals surface area contributed by atoms with Gasteiger partial charge in [0.15, 0.2) is 0 Å². The van der Waals surface area contributed by atoms with Crippen molar-refractivity contribution in [2.75, 3.05) is 26.9 Å². The Bertz CT molecular complexity index is 2300. The number of aromatic nitrogens is 5. The van der Waals surface area contributed by atoms with Crippen LogP contribution < -0.4 is 4.74 Å². The highest BCUT2D eigenvalue weighted by Gasteiger charge is 2.34. The summed E-state index contributed by atoms with van der Waals surface area (Å²) in [6, 6.07) is 11.1. The van der Waals surface area contributed by atoms with Gasteiger partial charge in [0.25, 0.3) is 0 Å². The lowest BCUT2D eigenvalue weighted by molar-refractivity contribution is 0.146. The minimum absolute atomic E-state index is 0.00224. The van der Waals surface area contributed by atoms with Crippen LogP contribution in [0.15, 0.2) is 66.0 Å². The van der Waals surface area contributed by atoms with E-state index in [0.29, 0.717) is 39.6 Å². The zero-order chi connectivity index (χ0) is 33.0. The van der Waals surface area contributed by atoms with Gasteiger partial charge in [-0.3, -0.25) is 9.36 Å². The van der Waals surface area contributed by atoms with Crippen LogP contribution in [0.1, 0.15) is 18.7 Å². The molecule has 0 saturated heterocycles. The second-order valence-electron chi connectivity index (χ2n) is 11.2. The van der Waals surface area contributed by atoms with E-state index in [1.54, 1.807) is 28.6 Å². The molecule has 242 valence electrons. The number of pyridine rings is 1. The molecule has 0 aliphatic carbocycles. The normalized spacial score (nSPS) is 15.4. The molecular weight excluding hydrogens is 647 g/mol. The molecule has 5 heterocycles. The predicted octanol–water partition coefficient (Wildman–Crippen LogP) is 6.53. The number of benzene rings is 2. The lowest BCUT2D eigenvalue weighted by Crippen LogP contribution is -2.40. The zero-order valence-electron chi connectivity index (χ0n) is 25.8. The Morgan fingerprint density at radius 2 is 1.91 bits per heavy atom. The van der Waals surface area contributed by atoms with Crippen molar-refractivity contribution in [1.29, 1.82) is 0 Å². The fourth-order valence-electron chi connectivity index (χ4n) is 6.15. The topological polar surface area (TPSA) is 104 Å². The van der Waals surface area contributed by atoms with Gasteiger partial charge < -0.3 is 9.47 Å². The van der Waals surface area contributed by atoms with Crippen LogP contribution in [0.4, 0.5) is 8.78 Å². The monoisotopic (exact) mass is 676 g/mol. The Balaban J connectivity index is 1.50. The van der Waals surface area contributed by atoms with Gasteiger partial charge in [0, 0.05) is 64.8 Å². The number of fused-ring (bicyclic) bond motifs is 3. The van der Waals surface area contributed by atoms with E-state index in [1.165, 1.54) is 22.8 Å². The van der Waals surface area contributed by atoms with Crippen LogP contribution in [0, 0.1) is 11.6 Å². The third-order valence-electron chi connectivity index (χ3n) is 8.42. The molecule has 7 rings (SSSR count). The fraction of sp³-hybridized carbons (Fsp3) is 0.242. The first-order valence-electron chi connectivity index (χ1n) is 14.8. The SMILES string of the molecule is C=CS(=O)(=O)N1CCn2nc(-c3nc(-c4ccc5c(cnn5C)c4)c4ccsc4c3-c3c(F)cc(F)cc3OCCOC)cc2C1C. The van der Waals surface area contributed by atoms with Crippen molar-refractivity contribution < 1.29 is 26.7 Å². The predicted molar refractivity (Wildman–Crippen MR) is 178 cm³/mol. The second kappa shape index (κ2) is 11.9. The van der Waals surface area contributed by atoms with Gasteiger partial charge >= 0.3 is 0 Å². The third kappa shape index (κ3) is 5.30. The van der Waals surface area contributed by atoms with Crippen molar-refractivity contribution in [3.8, 4) is 39.5 Å². The minimum atomic E-state index is -3.70. The van der Waals surface area contributed by atoms with Crippen molar-refractivity contribution in [3.63, 3.8) is 0 Å². The number of sulfonamides is 1. The second-order valence-corrected chi connectivity index (χ2v) is 13.9. The molecule has 1 aliphatic heterocycles. The fourth-order valence-corrected chi connectivity index (χ4v) is 8.18. The molecular formula is C33H30F2N6O4S2. The molecule has 10 nitrogen and oxygen atoms in total. The molecule has 0 radical (unpaired) electrons. The molecule has 1 aliphatic rings. The third-order valence-corrected chi connectivity index (χ3v) is 10.9. The van der Waals surface area contributed by atoms with Gasteiger partial charge in [-0.15, -0.1) is 11.3 Å². The quantitative estimate of drug-likeness (QED) is 0.160. The van der Waals surface area contributed by atoms with Crippen LogP contribution in [0.2, 0.25) is 0 Å². The van der Waals surface area contributed by atoms with E-state index in [-0.39, 0.29) is 31.1 Å². The Labute approximate surface area is 273 Å². The number of methoxy groups -OCH3 is 1. The molecule has 2 aromatic carbocycles. The molecule has 0 spiro atoms. The Morgan fingerprint density at radius 3 is 2.70 bits per heavy atom. The number of aryl methyl sites for hydroxylation is 1. The highest BCUT2D eigenvalue weighted by Crippen LogP contribution is 2.47. The smallest absolute Gasteiger partial charge is 0.236 e. The summed E-state index contributed by atoms with van der Waals surface area (Å²) in [5.41, 5.74) is 4.24. The van der Waals surface area contributed by atoms with Crippen LogP contribution in [0.5, 0.6) is 5.75 Å². The average molecular weight is 677 g/mol. The Morgan fingerprint density at radius 1 is 1.09 bits per heavy atom. The molecule has 0 N–H and O–H groups in total. The Hall–Kier alpha value is -4.50. The molecule has 6 aromatic rings. The van der Waals surface area contributed by atoms with Crippen LogP contribution in [0.3, 0.4) is 0 Å². The van der Waals surface area contributed by atoms with E-state index in [0.717, 1.165) is 39.4 Å². The first-order chi connectivity index (χ1) is 22.6. The maximum Gasteiger partial charge on any atom is 0.236 e. The van der Waals surface area contributed by atoms with E-state index in [4.69, 9.17) is 19.6 Å². The number of thiophene rings is 1. The summed E-state index contributed by atoms with van der Waals surface area (Å²) >= 11 is 1.40. The largest absolute Gasteiger partial charge is 0.490 e. The molecule has 1 unspecified atom stereocenters. The summed E-state index contributed by atoms with van der Waals surface area (Å²) < 4.78 is 72.9. The van der Waals surface area contributed by atoms with Gasteiger partial charge in [-0.05, 0) is 36.6 Å². The van der Waals surface area contributed by atoms with Crippen LogP contribution >= 0.6 is 11.3 Å². The van der Waals surface area contributed by atoms with Gasteiger partial charge in [-0.2, -0.15) is 14.5 Å². The standard InChI is InChI=1S/C33H30F2N6O4S2/c1-5-47(42,43)41-10-9-40-27(19(41)2)17-25(38-40)32-30(29-24(35)15-22(34)16-28(29)45-12-11-44-4)33-23(8-13-46-33)31(37-32)20-6-7-26-21(14-20)18-36-39(26)3/h5-8,13-19H,1,9-12H2,2-4H3. The number of hydrogen-bond acceptors (Lipinski definition) is 8. The average Bonchev–Trinajstić information content (AvgIpc) is 3.80. The lowest BCUT2D eigenvalue weighted by atomic mass is 9.96. The van der Waals surface area contributed by atoms with Gasteiger partial charge in [0.1, 0.15) is 35.4 Å². The molecule has 4 aromatic heterocycles. The first kappa shape index (κ1) is 31.1. The maximum absolute atomic E-state index is 16.1. The summed E-state index contributed by atoms with van der Waals surface area (Å²) in [6.07, 6.45) is 1.78. The van der Waals surface area contributed by atoms with Crippen molar-refractivity contribution in [3.05, 3.63) is 83.4 Å². The highest BCUT2D eigenvalue weighted by molar-refractivity contribution is 7.92. The molecule has 0 amide bonds. The summed E-state index contributed by atoms with van der Waals surface area (Å²) in [5.74, 6) is -1.60. The number of rotatable bonds is 9. The molecule has 14 heteroatoms. The van der Waals surface area contributed by atoms with E-state index in [1.807, 2.05) is 36.7 Å². The number of nitrogens with zero attached hydrogens (tertiary/aromatic N) is 6. The summed E-state index contributed by atoms with van der Waals surface area (Å²) in [5, 5.41) is 13.8. The molecule has 0 bridgehead atoms. The zero-order valence-corrected chi connectivity index (χ0v) is 27.4. The van der Waals surface area contributed by atoms with E-state index < -0.39 is 27.7 Å². The van der Waals surface area contributed by atoms with Gasteiger partial charge in [0.2, 0.25) is 10.0 Å². The van der Waals surface area contributed by atoms with Gasteiger partial charge in [-0.25, -0.2) is 22.2 Å². The van der Waals surface area contributed by atoms with Crippen LogP contribution in [-0.4, -0.2) is 64.1 Å². The van der Waals surface area contributed by atoms with Crippen molar-refractivity contribution >= 4 is 42.3 Å². The van der Waals surface area contributed by atoms with Crippen molar-refractivity contribution in [2.24, 2.45) is 7.05 Å².